The van der Waals surface area contributed by atoms with Gasteiger partial charge < -0.3 is 10.8 Å². The number of amides is 1. The Hall–Kier alpha value is -3.70. The first-order chi connectivity index (χ1) is 14.8. The van der Waals surface area contributed by atoms with Crippen LogP contribution in [0.2, 0.25) is 0 Å². The molecule has 0 aliphatic carbocycles. The first kappa shape index (κ1) is 20.6. The minimum atomic E-state index is -0.483. The number of fused-ring (bicyclic) bond motifs is 1. The number of benzene rings is 3. The Morgan fingerprint density at radius 2 is 1.74 bits per heavy atom. The van der Waals surface area contributed by atoms with Gasteiger partial charge in [0.1, 0.15) is 29.5 Å². The van der Waals surface area contributed by atoms with Gasteiger partial charge in [0.2, 0.25) is 5.91 Å². The number of carbonyl (C=O) groups is 1. The standard InChI is InChI=1S/C26H23FN2O2/c1-17-23-15-22(30)12-13-24(23)29(2,26(17)20-8-10-21(27)11-9-20)16-19-5-3-18(4-6-19)7-14-25(28)31/h3-15H,16H2,1-2H3,(H2-,28,30,31)/p+1. The highest BCUT2D eigenvalue weighted by Crippen LogP contribution is 2.50. The molecule has 1 aliphatic rings. The molecule has 156 valence electrons. The summed E-state index contributed by atoms with van der Waals surface area (Å²) in [5, 5.41) is 10.1. The Morgan fingerprint density at radius 1 is 1.06 bits per heavy atom. The van der Waals surface area contributed by atoms with Crippen molar-refractivity contribution in [3.63, 3.8) is 0 Å². The lowest BCUT2D eigenvalue weighted by atomic mass is 10.0. The molecule has 4 rings (SSSR count). The summed E-state index contributed by atoms with van der Waals surface area (Å²) >= 11 is 0. The van der Waals surface area contributed by atoms with Gasteiger partial charge in [-0.05, 0) is 55.0 Å². The third kappa shape index (κ3) is 3.88. The molecule has 1 unspecified atom stereocenters. The average Bonchev–Trinajstić information content (AvgIpc) is 2.94. The van der Waals surface area contributed by atoms with Crippen molar-refractivity contribution in [2.75, 3.05) is 7.05 Å². The van der Waals surface area contributed by atoms with Gasteiger partial charge in [-0.25, -0.2) is 4.39 Å². The predicted molar refractivity (Wildman–Crippen MR) is 123 cm³/mol. The van der Waals surface area contributed by atoms with Crippen LogP contribution in [0, 0.1) is 5.82 Å². The highest BCUT2D eigenvalue weighted by Gasteiger charge is 2.42. The van der Waals surface area contributed by atoms with E-state index in [0.717, 1.165) is 39.2 Å². The summed E-state index contributed by atoms with van der Waals surface area (Å²) in [7, 11) is 2.13. The number of allylic oxidation sites excluding steroid dienone is 1. The van der Waals surface area contributed by atoms with Crippen LogP contribution in [0.25, 0.3) is 17.3 Å². The van der Waals surface area contributed by atoms with Gasteiger partial charge in [-0.15, -0.1) is 0 Å². The van der Waals surface area contributed by atoms with E-state index >= 15 is 0 Å². The number of halogens is 1. The molecule has 0 saturated heterocycles. The van der Waals surface area contributed by atoms with E-state index in [9.17, 15) is 14.3 Å². The normalized spacial score (nSPS) is 17.9. The van der Waals surface area contributed by atoms with Crippen LogP contribution < -0.4 is 10.2 Å². The van der Waals surface area contributed by atoms with Crippen LogP contribution in [0.3, 0.4) is 0 Å². The van der Waals surface area contributed by atoms with E-state index in [4.69, 9.17) is 5.73 Å². The van der Waals surface area contributed by atoms with Crippen molar-refractivity contribution in [3.05, 3.63) is 101 Å². The molecule has 31 heavy (non-hydrogen) atoms. The number of carbonyl (C=O) groups excluding carboxylic acids is 1. The van der Waals surface area contributed by atoms with Gasteiger partial charge in [-0.2, -0.15) is 0 Å². The van der Waals surface area contributed by atoms with Gasteiger partial charge in [0.15, 0.2) is 0 Å². The van der Waals surface area contributed by atoms with Crippen LogP contribution in [-0.4, -0.2) is 18.1 Å². The fourth-order valence-electron chi connectivity index (χ4n) is 4.42. The maximum absolute atomic E-state index is 13.6. The number of phenols is 1. The zero-order chi connectivity index (χ0) is 22.2. The van der Waals surface area contributed by atoms with Gasteiger partial charge in [0.25, 0.3) is 0 Å². The number of nitrogens with zero attached hydrogens (tertiary/aromatic N) is 1. The molecule has 4 nitrogen and oxygen atoms in total. The summed E-state index contributed by atoms with van der Waals surface area (Å²) in [5.74, 6) is -0.539. The molecule has 3 aromatic carbocycles. The summed E-state index contributed by atoms with van der Waals surface area (Å²) in [5.41, 5.74) is 12.3. The second kappa shape index (κ2) is 7.85. The number of quaternary nitrogens is 1. The van der Waals surface area contributed by atoms with Gasteiger partial charge in [-0.1, -0.05) is 24.3 Å². The van der Waals surface area contributed by atoms with Crippen LogP contribution in [0.5, 0.6) is 5.75 Å². The smallest absolute Gasteiger partial charge is 0.241 e. The minimum absolute atomic E-state index is 0.218. The van der Waals surface area contributed by atoms with E-state index in [-0.39, 0.29) is 11.6 Å². The Kier molecular flexibility index (Phi) is 5.21. The first-order valence-corrected chi connectivity index (χ1v) is 10.0. The monoisotopic (exact) mass is 415 g/mol. The molecule has 0 bridgehead atoms. The zero-order valence-electron chi connectivity index (χ0n) is 17.5. The molecule has 1 atom stereocenters. The highest BCUT2D eigenvalue weighted by molar-refractivity contribution is 6.02. The van der Waals surface area contributed by atoms with Crippen LogP contribution in [-0.2, 0) is 11.3 Å². The van der Waals surface area contributed by atoms with Gasteiger partial charge in [0, 0.05) is 34.4 Å². The summed E-state index contributed by atoms with van der Waals surface area (Å²) in [4.78, 5) is 11.0. The van der Waals surface area contributed by atoms with Crippen LogP contribution in [0.4, 0.5) is 10.1 Å². The Balaban J connectivity index is 1.78. The van der Waals surface area contributed by atoms with Crippen molar-refractivity contribution >= 4 is 28.9 Å². The molecule has 3 N–H and O–H groups in total. The molecular formula is C26H24FN2O2+. The van der Waals surface area contributed by atoms with E-state index < -0.39 is 5.91 Å². The molecule has 0 spiro atoms. The number of aromatic hydroxyl groups is 1. The third-order valence-corrected chi connectivity index (χ3v) is 5.80. The molecule has 1 heterocycles. The Bertz CT molecular complexity index is 1210. The van der Waals surface area contributed by atoms with E-state index in [1.165, 1.54) is 18.2 Å². The van der Waals surface area contributed by atoms with E-state index in [1.54, 1.807) is 30.3 Å². The number of primary amides is 1. The number of hydrogen-bond acceptors (Lipinski definition) is 2. The number of phenolic OH excluding ortho intramolecular Hbond substituents is 1. The maximum atomic E-state index is 13.6. The van der Waals surface area contributed by atoms with Crippen molar-refractivity contribution in [2.24, 2.45) is 5.73 Å². The van der Waals surface area contributed by atoms with Crippen molar-refractivity contribution in [1.29, 1.82) is 0 Å². The molecule has 0 radical (unpaired) electrons. The topological polar surface area (TPSA) is 63.3 Å². The molecule has 1 aliphatic heterocycles. The maximum Gasteiger partial charge on any atom is 0.241 e. The van der Waals surface area contributed by atoms with E-state index in [0.29, 0.717) is 11.0 Å². The van der Waals surface area contributed by atoms with Crippen LogP contribution >= 0.6 is 0 Å². The highest BCUT2D eigenvalue weighted by atomic mass is 19.1. The second-order valence-electron chi connectivity index (χ2n) is 8.01. The molecule has 5 heteroatoms. The lowest BCUT2D eigenvalue weighted by Gasteiger charge is -2.33. The lowest BCUT2D eigenvalue weighted by molar-refractivity contribution is -0.113. The summed E-state index contributed by atoms with van der Waals surface area (Å²) in [6.07, 6.45) is 3.02. The van der Waals surface area contributed by atoms with Gasteiger partial charge >= 0.3 is 0 Å². The summed E-state index contributed by atoms with van der Waals surface area (Å²) < 4.78 is 14.1. The Morgan fingerprint density at radius 3 is 2.39 bits per heavy atom. The first-order valence-electron chi connectivity index (χ1n) is 10.0. The largest absolute Gasteiger partial charge is 0.508 e. The Labute approximate surface area is 181 Å². The summed E-state index contributed by atoms with van der Waals surface area (Å²) in [6, 6.07) is 19.9. The number of nitrogens with two attached hydrogens (primary N) is 1. The van der Waals surface area contributed by atoms with Crippen LogP contribution in [0.15, 0.2) is 72.8 Å². The van der Waals surface area contributed by atoms with Crippen molar-refractivity contribution in [3.8, 4) is 5.75 Å². The number of rotatable bonds is 5. The minimum Gasteiger partial charge on any atom is -0.508 e. The van der Waals surface area contributed by atoms with Crippen LogP contribution in [0.1, 0.15) is 29.2 Å². The van der Waals surface area contributed by atoms with Crippen molar-refractivity contribution < 1.29 is 14.3 Å². The number of hydrogen-bond donors (Lipinski definition) is 2. The van der Waals surface area contributed by atoms with E-state index in [1.807, 2.05) is 37.3 Å². The summed E-state index contributed by atoms with van der Waals surface area (Å²) in [6.45, 7) is 2.71. The molecular weight excluding hydrogens is 391 g/mol. The quantitative estimate of drug-likeness (QED) is 0.451. The second-order valence-corrected chi connectivity index (χ2v) is 8.01. The fraction of sp³-hybridized carbons (Fsp3) is 0.115. The van der Waals surface area contributed by atoms with Crippen molar-refractivity contribution in [2.45, 2.75) is 13.5 Å². The molecule has 1 amide bonds. The van der Waals surface area contributed by atoms with Gasteiger partial charge in [0.05, 0.1) is 7.05 Å². The molecule has 3 aromatic rings. The average molecular weight is 415 g/mol. The molecule has 0 aromatic heterocycles. The predicted octanol–water partition coefficient (Wildman–Crippen LogP) is 5.07. The lowest BCUT2D eigenvalue weighted by Crippen LogP contribution is -2.40. The SMILES string of the molecule is CC1=C(c2ccc(F)cc2)[N+](C)(Cc2ccc(C=CC(N)=O)cc2)c2ccc(O)cc21. The molecule has 0 fully saturated rings. The third-order valence-electron chi connectivity index (χ3n) is 5.80. The van der Waals surface area contributed by atoms with Crippen molar-refractivity contribution in [1.82, 2.24) is 4.48 Å². The molecule has 0 saturated carbocycles. The zero-order valence-corrected chi connectivity index (χ0v) is 17.5. The van der Waals surface area contributed by atoms with E-state index in [2.05, 4.69) is 7.05 Å². The fourth-order valence-corrected chi connectivity index (χ4v) is 4.42. The van der Waals surface area contributed by atoms with Gasteiger partial charge in [-0.3, -0.25) is 9.28 Å².